The number of hydrogen-bond acceptors (Lipinski definition) is 4. The second-order valence-electron chi connectivity index (χ2n) is 7.56. The summed E-state index contributed by atoms with van der Waals surface area (Å²) in [5, 5.41) is 23.0. The summed E-state index contributed by atoms with van der Waals surface area (Å²) in [6.07, 6.45) is 1.76. The number of nitrogens with one attached hydrogen (secondary N) is 1. The largest absolute Gasteiger partial charge is 0.478 e. The van der Waals surface area contributed by atoms with Crippen molar-refractivity contribution in [2.75, 3.05) is 13.2 Å². The fourth-order valence-corrected chi connectivity index (χ4v) is 4.69. The topological polar surface area (TPSA) is 90.6 Å². The molecule has 3 heterocycles. The zero-order valence-corrected chi connectivity index (χ0v) is 18.1. The Balaban J connectivity index is 1.83. The summed E-state index contributed by atoms with van der Waals surface area (Å²) in [6, 6.07) is 14.5. The summed E-state index contributed by atoms with van der Waals surface area (Å²) >= 11 is 5.59. The molecule has 2 atom stereocenters. The van der Waals surface area contributed by atoms with E-state index < -0.39 is 5.97 Å². The van der Waals surface area contributed by atoms with Gasteiger partial charge in [0.05, 0.1) is 29.9 Å². The highest BCUT2D eigenvalue weighted by Gasteiger charge is 2.41. The van der Waals surface area contributed by atoms with Gasteiger partial charge in [-0.1, -0.05) is 12.1 Å². The van der Waals surface area contributed by atoms with Crippen molar-refractivity contribution in [3.05, 3.63) is 82.9 Å². The van der Waals surface area contributed by atoms with E-state index in [4.69, 9.17) is 12.2 Å². The SMILES string of the molecule is Cc1cc([C@@H]2[C@@H](c3ccccn3)NC(=S)N2CCO)c(C)n1-c1cccc(C(=O)O)c1. The minimum absolute atomic E-state index is 0.0212. The third-order valence-corrected chi connectivity index (χ3v) is 6.03. The van der Waals surface area contributed by atoms with Gasteiger partial charge in [-0.15, -0.1) is 0 Å². The van der Waals surface area contributed by atoms with E-state index in [-0.39, 0.29) is 24.3 Å². The van der Waals surface area contributed by atoms with E-state index in [1.807, 2.05) is 43.0 Å². The first-order valence-electron chi connectivity index (χ1n) is 10.0. The van der Waals surface area contributed by atoms with Crippen LogP contribution in [-0.4, -0.2) is 48.9 Å². The molecule has 1 aliphatic heterocycles. The van der Waals surface area contributed by atoms with E-state index in [9.17, 15) is 15.0 Å². The van der Waals surface area contributed by atoms with Gasteiger partial charge in [0.15, 0.2) is 5.11 Å². The highest BCUT2D eigenvalue weighted by atomic mass is 32.1. The Bertz CT molecular complexity index is 1130. The molecule has 31 heavy (non-hydrogen) atoms. The average molecular weight is 437 g/mol. The van der Waals surface area contributed by atoms with Crippen molar-refractivity contribution in [1.82, 2.24) is 19.8 Å². The van der Waals surface area contributed by atoms with Crippen molar-refractivity contribution in [2.45, 2.75) is 25.9 Å². The van der Waals surface area contributed by atoms with Gasteiger partial charge in [0, 0.05) is 29.8 Å². The Labute approximate surface area is 186 Å². The normalized spacial score (nSPS) is 18.3. The third-order valence-electron chi connectivity index (χ3n) is 5.68. The van der Waals surface area contributed by atoms with Crippen LogP contribution >= 0.6 is 12.2 Å². The molecule has 7 nitrogen and oxygen atoms in total. The highest BCUT2D eigenvalue weighted by Crippen LogP contribution is 2.41. The smallest absolute Gasteiger partial charge is 0.335 e. The van der Waals surface area contributed by atoms with Gasteiger partial charge in [-0.25, -0.2) is 4.79 Å². The Morgan fingerprint density at radius 2 is 2.00 bits per heavy atom. The van der Waals surface area contributed by atoms with Crippen LogP contribution in [0.25, 0.3) is 5.69 Å². The Hall–Kier alpha value is -3.23. The molecule has 160 valence electrons. The fourth-order valence-electron chi connectivity index (χ4n) is 4.35. The number of aromatic carboxylic acids is 1. The Morgan fingerprint density at radius 1 is 1.19 bits per heavy atom. The minimum Gasteiger partial charge on any atom is -0.478 e. The highest BCUT2D eigenvalue weighted by molar-refractivity contribution is 7.80. The average Bonchev–Trinajstić information content (AvgIpc) is 3.24. The van der Waals surface area contributed by atoms with E-state index in [2.05, 4.69) is 20.9 Å². The number of aliphatic hydroxyl groups excluding tert-OH is 1. The summed E-state index contributed by atoms with van der Waals surface area (Å²) in [5.74, 6) is -0.959. The molecule has 3 aromatic rings. The summed E-state index contributed by atoms with van der Waals surface area (Å²) in [4.78, 5) is 18.0. The van der Waals surface area contributed by atoms with Crippen LogP contribution in [0.3, 0.4) is 0 Å². The van der Waals surface area contributed by atoms with Crippen LogP contribution in [-0.2, 0) is 0 Å². The first-order chi connectivity index (χ1) is 14.9. The van der Waals surface area contributed by atoms with Gasteiger partial charge in [0.25, 0.3) is 0 Å². The van der Waals surface area contributed by atoms with Crippen LogP contribution in [0.15, 0.2) is 54.7 Å². The number of β-amino-alcohol motifs (C(OH)–C–C–N with tert-alkyl or cyclic N) is 1. The molecular formula is C23H24N4O3S. The lowest BCUT2D eigenvalue weighted by molar-refractivity contribution is 0.0697. The number of aromatic nitrogens is 2. The summed E-state index contributed by atoms with van der Waals surface area (Å²) in [5.41, 5.74) is 4.92. The Morgan fingerprint density at radius 3 is 2.68 bits per heavy atom. The molecule has 0 aliphatic carbocycles. The van der Waals surface area contributed by atoms with Crippen molar-refractivity contribution in [3.8, 4) is 5.69 Å². The molecule has 1 aliphatic rings. The number of nitrogens with zero attached hydrogens (tertiary/aromatic N) is 3. The van der Waals surface area contributed by atoms with E-state index in [0.717, 1.165) is 28.3 Å². The molecule has 1 fully saturated rings. The maximum Gasteiger partial charge on any atom is 0.335 e. The molecule has 8 heteroatoms. The first-order valence-corrected chi connectivity index (χ1v) is 10.4. The maximum atomic E-state index is 11.5. The van der Waals surface area contributed by atoms with Gasteiger partial charge < -0.3 is 25.0 Å². The number of carboxylic acids is 1. The second-order valence-corrected chi connectivity index (χ2v) is 7.95. The lowest BCUT2D eigenvalue weighted by Gasteiger charge is -2.27. The zero-order valence-electron chi connectivity index (χ0n) is 17.3. The molecule has 0 amide bonds. The number of carbonyl (C=O) groups is 1. The quantitative estimate of drug-likeness (QED) is 0.512. The molecule has 1 saturated heterocycles. The standard InChI is InChI=1S/C23H24N4O3S/c1-14-12-18(15(2)27(14)17-7-5-6-16(13-17)22(29)30)21-20(19-8-3-4-9-24-19)25-23(31)26(21)10-11-28/h3-9,12-13,20-21,28H,10-11H2,1-2H3,(H,25,31)(H,29,30)/t20-,21-/m1/s1. The number of carboxylic acid groups (broad SMARTS) is 1. The number of pyridine rings is 1. The molecule has 0 bridgehead atoms. The predicted molar refractivity (Wildman–Crippen MR) is 121 cm³/mol. The molecular weight excluding hydrogens is 412 g/mol. The lowest BCUT2D eigenvalue weighted by Crippen LogP contribution is -2.32. The van der Waals surface area contributed by atoms with Crippen molar-refractivity contribution < 1.29 is 15.0 Å². The number of hydrogen-bond donors (Lipinski definition) is 3. The molecule has 1 aromatic carbocycles. The number of thiocarbonyl (C=S) groups is 1. The summed E-state index contributed by atoms with van der Waals surface area (Å²) in [7, 11) is 0. The van der Waals surface area contributed by atoms with Crippen LogP contribution < -0.4 is 5.32 Å². The first kappa shape index (κ1) is 21.0. The van der Waals surface area contributed by atoms with Crippen molar-refractivity contribution in [1.29, 1.82) is 0 Å². The lowest BCUT2D eigenvalue weighted by atomic mass is 9.97. The van der Waals surface area contributed by atoms with Crippen LogP contribution in [0.1, 0.15) is 45.1 Å². The monoisotopic (exact) mass is 436 g/mol. The minimum atomic E-state index is -0.959. The number of benzene rings is 1. The van der Waals surface area contributed by atoms with Gasteiger partial charge >= 0.3 is 5.97 Å². The van der Waals surface area contributed by atoms with Crippen LogP contribution in [0.2, 0.25) is 0 Å². The van der Waals surface area contributed by atoms with Crippen LogP contribution in [0.4, 0.5) is 0 Å². The maximum absolute atomic E-state index is 11.5. The Kier molecular flexibility index (Phi) is 5.75. The predicted octanol–water partition coefficient (Wildman–Crippen LogP) is 3.15. The molecule has 2 aromatic heterocycles. The molecule has 0 saturated carbocycles. The number of aryl methyl sites for hydroxylation is 1. The van der Waals surface area contributed by atoms with E-state index in [1.165, 1.54) is 0 Å². The summed E-state index contributed by atoms with van der Waals surface area (Å²) < 4.78 is 2.05. The van der Waals surface area contributed by atoms with Gasteiger partial charge in [0.2, 0.25) is 0 Å². The second kappa shape index (κ2) is 8.49. The fraction of sp³-hybridized carbons (Fsp3) is 0.261. The molecule has 0 spiro atoms. The third kappa shape index (κ3) is 3.80. The van der Waals surface area contributed by atoms with E-state index in [1.54, 1.807) is 24.4 Å². The van der Waals surface area contributed by atoms with Gasteiger partial charge in [0.1, 0.15) is 0 Å². The zero-order chi connectivity index (χ0) is 22.1. The molecule has 0 unspecified atom stereocenters. The van der Waals surface area contributed by atoms with Crippen LogP contribution in [0.5, 0.6) is 0 Å². The van der Waals surface area contributed by atoms with Gasteiger partial charge in [-0.05, 0) is 68.0 Å². The summed E-state index contributed by atoms with van der Waals surface area (Å²) in [6.45, 7) is 4.39. The van der Waals surface area contributed by atoms with Crippen molar-refractivity contribution >= 4 is 23.3 Å². The van der Waals surface area contributed by atoms with Gasteiger partial charge in [-0.3, -0.25) is 4.98 Å². The molecule has 0 radical (unpaired) electrons. The number of aliphatic hydroxyl groups is 1. The number of rotatable bonds is 6. The van der Waals surface area contributed by atoms with Crippen molar-refractivity contribution in [3.63, 3.8) is 0 Å². The molecule has 4 rings (SSSR count). The van der Waals surface area contributed by atoms with Crippen LogP contribution in [0, 0.1) is 13.8 Å². The van der Waals surface area contributed by atoms with E-state index >= 15 is 0 Å². The van der Waals surface area contributed by atoms with Crippen molar-refractivity contribution in [2.24, 2.45) is 0 Å². The van der Waals surface area contributed by atoms with Gasteiger partial charge in [-0.2, -0.15) is 0 Å². The van der Waals surface area contributed by atoms with E-state index in [0.29, 0.717) is 11.7 Å². The molecule has 3 N–H and O–H groups in total.